The predicted molar refractivity (Wildman–Crippen MR) is 78.9 cm³/mol. The lowest BCUT2D eigenvalue weighted by atomic mass is 9.83. The van der Waals surface area contributed by atoms with Crippen LogP contribution < -0.4 is 5.32 Å². The van der Waals surface area contributed by atoms with Gasteiger partial charge in [0, 0.05) is 18.1 Å². The molecule has 2 heterocycles. The molecular weight excluding hydrogens is 220 g/mol. The lowest BCUT2D eigenvalue weighted by molar-refractivity contribution is 0.110. The highest BCUT2D eigenvalue weighted by Gasteiger charge is 2.40. The van der Waals surface area contributed by atoms with Crippen molar-refractivity contribution in [3.8, 4) is 0 Å². The van der Waals surface area contributed by atoms with Crippen LogP contribution in [0, 0.1) is 5.92 Å². The van der Waals surface area contributed by atoms with E-state index in [1.54, 1.807) is 0 Å². The van der Waals surface area contributed by atoms with E-state index in [2.05, 4.69) is 31.1 Å². The number of unbranched alkanes of at least 4 members (excludes halogenated alkanes) is 2. The molecule has 2 bridgehead atoms. The third kappa shape index (κ3) is 3.27. The molecule has 0 aromatic rings. The Kier molecular flexibility index (Phi) is 5.50. The van der Waals surface area contributed by atoms with Gasteiger partial charge < -0.3 is 10.2 Å². The van der Waals surface area contributed by atoms with Gasteiger partial charge in [0.15, 0.2) is 0 Å². The molecular formula is C16H32N2. The fourth-order valence-electron chi connectivity index (χ4n) is 4.16. The zero-order valence-corrected chi connectivity index (χ0v) is 12.6. The van der Waals surface area contributed by atoms with Crippen LogP contribution in [0.5, 0.6) is 0 Å². The van der Waals surface area contributed by atoms with Crippen molar-refractivity contribution in [3.05, 3.63) is 0 Å². The van der Waals surface area contributed by atoms with Gasteiger partial charge in [0.2, 0.25) is 0 Å². The fraction of sp³-hybridized carbons (Fsp3) is 1.00. The minimum absolute atomic E-state index is 0.790. The van der Waals surface area contributed by atoms with E-state index in [0.29, 0.717) is 0 Å². The summed E-state index contributed by atoms with van der Waals surface area (Å²) in [6.07, 6.45) is 11.3. The predicted octanol–water partition coefficient (Wildman–Crippen LogP) is 3.42. The number of nitrogens with zero attached hydrogens (tertiary/aromatic N) is 1. The fourth-order valence-corrected chi connectivity index (χ4v) is 4.16. The lowest BCUT2D eigenvalue weighted by Gasteiger charge is -2.40. The average molecular weight is 252 g/mol. The zero-order chi connectivity index (χ0) is 13.0. The van der Waals surface area contributed by atoms with Gasteiger partial charge in [0.05, 0.1) is 0 Å². The Morgan fingerprint density at radius 3 is 2.33 bits per heavy atom. The lowest BCUT2D eigenvalue weighted by Crippen LogP contribution is -2.47. The van der Waals surface area contributed by atoms with E-state index in [0.717, 1.165) is 30.6 Å². The van der Waals surface area contributed by atoms with Gasteiger partial charge in [0.1, 0.15) is 0 Å². The number of fused-ring (bicyclic) bond motifs is 2. The molecule has 3 atom stereocenters. The SMILES string of the molecule is CCCCCC(NCC)C1CC2CCC(C1)N2C. The molecule has 0 aromatic heterocycles. The summed E-state index contributed by atoms with van der Waals surface area (Å²) in [7, 11) is 2.35. The summed E-state index contributed by atoms with van der Waals surface area (Å²) in [6.45, 7) is 5.70. The smallest absolute Gasteiger partial charge is 0.00989 e. The molecule has 2 fully saturated rings. The Morgan fingerprint density at radius 2 is 1.78 bits per heavy atom. The van der Waals surface area contributed by atoms with Crippen molar-refractivity contribution in [1.82, 2.24) is 10.2 Å². The van der Waals surface area contributed by atoms with E-state index < -0.39 is 0 Å². The van der Waals surface area contributed by atoms with Crippen LogP contribution in [0.4, 0.5) is 0 Å². The molecule has 0 radical (unpaired) electrons. The molecule has 2 aliphatic heterocycles. The van der Waals surface area contributed by atoms with Crippen LogP contribution in [0.25, 0.3) is 0 Å². The van der Waals surface area contributed by atoms with Gasteiger partial charge in [0.25, 0.3) is 0 Å². The molecule has 18 heavy (non-hydrogen) atoms. The number of hydrogen-bond acceptors (Lipinski definition) is 2. The molecule has 2 nitrogen and oxygen atoms in total. The molecule has 2 aliphatic rings. The number of rotatable bonds is 7. The quantitative estimate of drug-likeness (QED) is 0.699. The van der Waals surface area contributed by atoms with Gasteiger partial charge in [-0.25, -0.2) is 0 Å². The highest BCUT2D eigenvalue weighted by molar-refractivity contribution is 4.96. The minimum atomic E-state index is 0.790. The largest absolute Gasteiger partial charge is 0.314 e. The molecule has 3 unspecified atom stereocenters. The molecule has 106 valence electrons. The molecule has 0 aliphatic carbocycles. The molecule has 0 aromatic carbocycles. The van der Waals surface area contributed by atoms with Crippen molar-refractivity contribution in [2.75, 3.05) is 13.6 Å². The van der Waals surface area contributed by atoms with Crippen LogP contribution in [-0.2, 0) is 0 Å². The molecule has 2 rings (SSSR count). The van der Waals surface area contributed by atoms with Crippen molar-refractivity contribution >= 4 is 0 Å². The molecule has 0 amide bonds. The van der Waals surface area contributed by atoms with Crippen molar-refractivity contribution in [2.45, 2.75) is 83.3 Å². The second-order valence-electron chi connectivity index (χ2n) is 6.44. The minimum Gasteiger partial charge on any atom is -0.314 e. The van der Waals surface area contributed by atoms with Gasteiger partial charge in [-0.05, 0) is 51.6 Å². The van der Waals surface area contributed by atoms with Crippen molar-refractivity contribution in [2.24, 2.45) is 5.92 Å². The summed E-state index contributed by atoms with van der Waals surface area (Å²) in [4.78, 5) is 2.66. The maximum atomic E-state index is 3.78. The van der Waals surface area contributed by atoms with Crippen molar-refractivity contribution < 1.29 is 0 Å². The first-order valence-corrected chi connectivity index (χ1v) is 8.21. The summed E-state index contributed by atoms with van der Waals surface area (Å²) < 4.78 is 0. The number of piperidine rings is 1. The maximum absolute atomic E-state index is 3.78. The van der Waals surface area contributed by atoms with Crippen molar-refractivity contribution in [1.29, 1.82) is 0 Å². The van der Waals surface area contributed by atoms with Crippen LogP contribution in [0.3, 0.4) is 0 Å². The average Bonchev–Trinajstić information content (AvgIpc) is 2.61. The first kappa shape index (κ1) is 14.3. The molecule has 0 spiro atoms. The van der Waals surface area contributed by atoms with Gasteiger partial charge in [-0.1, -0.05) is 33.1 Å². The van der Waals surface area contributed by atoms with Crippen LogP contribution in [-0.4, -0.2) is 36.6 Å². The number of hydrogen-bond donors (Lipinski definition) is 1. The van der Waals surface area contributed by atoms with Gasteiger partial charge in [-0.2, -0.15) is 0 Å². The van der Waals surface area contributed by atoms with E-state index in [1.165, 1.54) is 51.4 Å². The van der Waals surface area contributed by atoms with Crippen LogP contribution in [0.1, 0.15) is 65.2 Å². The van der Waals surface area contributed by atoms with E-state index in [-0.39, 0.29) is 0 Å². The molecule has 0 saturated carbocycles. The third-order valence-corrected chi connectivity index (χ3v) is 5.29. The highest BCUT2D eigenvalue weighted by Crippen LogP contribution is 2.39. The standard InChI is InChI=1S/C16H32N2/c1-4-6-7-8-16(17-5-2)13-11-14-9-10-15(12-13)18(14)3/h13-17H,4-12H2,1-3H3. The van der Waals surface area contributed by atoms with Crippen LogP contribution in [0.15, 0.2) is 0 Å². The van der Waals surface area contributed by atoms with Crippen molar-refractivity contribution in [3.63, 3.8) is 0 Å². The summed E-state index contributed by atoms with van der Waals surface area (Å²) in [6, 6.07) is 2.57. The van der Waals surface area contributed by atoms with E-state index in [9.17, 15) is 0 Å². The van der Waals surface area contributed by atoms with Gasteiger partial charge in [-0.15, -0.1) is 0 Å². The summed E-state index contributed by atoms with van der Waals surface area (Å²) >= 11 is 0. The first-order valence-electron chi connectivity index (χ1n) is 8.21. The third-order valence-electron chi connectivity index (χ3n) is 5.29. The van der Waals surface area contributed by atoms with Crippen LogP contribution >= 0.6 is 0 Å². The number of nitrogens with one attached hydrogen (secondary N) is 1. The Morgan fingerprint density at radius 1 is 1.11 bits per heavy atom. The zero-order valence-electron chi connectivity index (χ0n) is 12.6. The highest BCUT2D eigenvalue weighted by atomic mass is 15.2. The monoisotopic (exact) mass is 252 g/mol. The van der Waals surface area contributed by atoms with E-state index >= 15 is 0 Å². The van der Waals surface area contributed by atoms with E-state index in [4.69, 9.17) is 0 Å². The molecule has 2 saturated heterocycles. The maximum Gasteiger partial charge on any atom is 0.00989 e. The van der Waals surface area contributed by atoms with E-state index in [1.807, 2.05) is 0 Å². The summed E-state index contributed by atoms with van der Waals surface area (Å²) in [5.41, 5.74) is 0. The molecule has 2 heteroatoms. The topological polar surface area (TPSA) is 15.3 Å². The molecule has 1 N–H and O–H groups in total. The second kappa shape index (κ2) is 6.91. The second-order valence-corrected chi connectivity index (χ2v) is 6.44. The normalized spacial score (nSPS) is 33.8. The Labute approximate surface area is 114 Å². The van der Waals surface area contributed by atoms with Gasteiger partial charge in [-0.3, -0.25) is 0 Å². The first-order chi connectivity index (χ1) is 8.76. The van der Waals surface area contributed by atoms with Gasteiger partial charge >= 0.3 is 0 Å². The Bertz CT molecular complexity index is 227. The Hall–Kier alpha value is -0.0800. The summed E-state index contributed by atoms with van der Waals surface area (Å²) in [5.74, 6) is 0.940. The Balaban J connectivity index is 1.86. The van der Waals surface area contributed by atoms with Crippen LogP contribution in [0.2, 0.25) is 0 Å². The summed E-state index contributed by atoms with van der Waals surface area (Å²) in [5, 5.41) is 3.78.